The van der Waals surface area contributed by atoms with Crippen molar-refractivity contribution in [3.05, 3.63) is 52.2 Å². The van der Waals surface area contributed by atoms with Gasteiger partial charge in [-0.2, -0.15) is 0 Å². The van der Waals surface area contributed by atoms with Gasteiger partial charge in [-0.25, -0.2) is 9.37 Å². The number of anilines is 1. The molecule has 2 aromatic carbocycles. The molecule has 0 saturated heterocycles. The summed E-state index contributed by atoms with van der Waals surface area (Å²) in [6, 6.07) is 9.09. The Labute approximate surface area is 161 Å². The third kappa shape index (κ3) is 3.45. The van der Waals surface area contributed by atoms with Crippen LogP contribution in [-0.2, 0) is 16.1 Å². The number of rotatable bonds is 4. The zero-order chi connectivity index (χ0) is 19.1. The molecule has 138 valence electrons. The second-order valence-corrected chi connectivity index (χ2v) is 7.51. The molecule has 1 N–H and O–H groups in total. The zero-order valence-corrected chi connectivity index (χ0v) is 15.3. The first-order valence-electron chi connectivity index (χ1n) is 7.95. The van der Waals surface area contributed by atoms with Crippen LogP contribution in [0, 0.1) is 5.82 Å². The van der Waals surface area contributed by atoms with Crippen LogP contribution in [0.3, 0.4) is 0 Å². The van der Waals surface area contributed by atoms with Crippen LogP contribution < -0.4 is 9.64 Å². The highest BCUT2D eigenvalue weighted by molar-refractivity contribution is 7.18. The van der Waals surface area contributed by atoms with E-state index in [-0.39, 0.29) is 12.4 Å². The molecule has 0 aliphatic carbocycles. The third-order valence-electron chi connectivity index (χ3n) is 4.07. The Morgan fingerprint density at radius 1 is 1.33 bits per heavy atom. The van der Waals surface area contributed by atoms with Crippen LogP contribution in [0.25, 0.3) is 10.2 Å². The number of nitrogens with zero attached hydrogens (tertiary/aromatic N) is 2. The fraction of sp³-hybridized carbons (Fsp3) is 0.167. The molecule has 1 aromatic heterocycles. The molecule has 0 radical (unpaired) electrons. The maximum atomic E-state index is 13.4. The normalized spacial score (nSPS) is 16.3. The van der Waals surface area contributed by atoms with Gasteiger partial charge in [-0.1, -0.05) is 11.6 Å². The lowest BCUT2D eigenvalue weighted by Crippen LogP contribution is -2.46. The summed E-state index contributed by atoms with van der Waals surface area (Å²) < 4.78 is 19.7. The highest BCUT2D eigenvalue weighted by Gasteiger charge is 2.36. The molecule has 9 heteroatoms. The van der Waals surface area contributed by atoms with Crippen molar-refractivity contribution in [2.45, 2.75) is 19.1 Å². The van der Waals surface area contributed by atoms with Gasteiger partial charge in [0.2, 0.25) is 0 Å². The average molecular weight is 407 g/mol. The minimum Gasteiger partial charge on any atom is -0.481 e. The summed E-state index contributed by atoms with van der Waals surface area (Å²) >= 11 is 7.39. The third-order valence-corrected chi connectivity index (χ3v) is 5.33. The molecular formula is C18H12ClFN2O4S. The molecule has 3 aromatic rings. The molecule has 0 bridgehead atoms. The molecule has 1 unspecified atom stereocenters. The predicted octanol–water partition coefficient (Wildman–Crippen LogP) is 3.86. The first-order chi connectivity index (χ1) is 12.9. The van der Waals surface area contributed by atoms with Crippen molar-refractivity contribution >= 4 is 50.7 Å². The van der Waals surface area contributed by atoms with Crippen LogP contribution >= 0.6 is 22.9 Å². The van der Waals surface area contributed by atoms with E-state index in [2.05, 4.69) is 4.98 Å². The Hall–Kier alpha value is -2.71. The summed E-state index contributed by atoms with van der Waals surface area (Å²) in [5, 5.41) is 10.1. The van der Waals surface area contributed by atoms with Crippen LogP contribution in [0.1, 0.15) is 11.4 Å². The smallest absolute Gasteiger partial charge is 0.307 e. The summed E-state index contributed by atoms with van der Waals surface area (Å²) in [7, 11) is 0. The minimum absolute atomic E-state index is 0.104. The maximum absolute atomic E-state index is 13.4. The molecular weight excluding hydrogens is 395 g/mol. The summed E-state index contributed by atoms with van der Waals surface area (Å²) in [4.78, 5) is 29.7. The highest BCUT2D eigenvalue weighted by Crippen LogP contribution is 2.38. The van der Waals surface area contributed by atoms with Gasteiger partial charge in [0.1, 0.15) is 16.6 Å². The number of benzene rings is 2. The molecule has 27 heavy (non-hydrogen) atoms. The van der Waals surface area contributed by atoms with Crippen LogP contribution in [0.15, 0.2) is 36.4 Å². The van der Waals surface area contributed by atoms with Gasteiger partial charge < -0.3 is 9.84 Å². The van der Waals surface area contributed by atoms with E-state index in [1.165, 1.54) is 28.4 Å². The average Bonchev–Trinajstić information content (AvgIpc) is 3.00. The van der Waals surface area contributed by atoms with Crippen molar-refractivity contribution in [2.75, 3.05) is 4.90 Å². The fourth-order valence-electron chi connectivity index (χ4n) is 2.90. The Morgan fingerprint density at radius 3 is 2.93 bits per heavy atom. The van der Waals surface area contributed by atoms with Crippen molar-refractivity contribution in [3.63, 3.8) is 0 Å². The first-order valence-corrected chi connectivity index (χ1v) is 9.14. The molecule has 1 aliphatic heterocycles. The number of hydrogen-bond acceptors (Lipinski definition) is 5. The van der Waals surface area contributed by atoms with Gasteiger partial charge in [0.15, 0.2) is 6.10 Å². The molecule has 0 spiro atoms. The van der Waals surface area contributed by atoms with E-state index in [4.69, 9.17) is 21.4 Å². The quantitative estimate of drug-likeness (QED) is 0.711. The predicted molar refractivity (Wildman–Crippen MR) is 98.9 cm³/mol. The Balaban J connectivity index is 1.72. The topological polar surface area (TPSA) is 79.7 Å². The van der Waals surface area contributed by atoms with Gasteiger partial charge in [-0.15, -0.1) is 11.3 Å². The van der Waals surface area contributed by atoms with Gasteiger partial charge in [0.05, 0.1) is 28.9 Å². The molecule has 6 nitrogen and oxygen atoms in total. The van der Waals surface area contributed by atoms with Gasteiger partial charge in [0, 0.05) is 11.1 Å². The van der Waals surface area contributed by atoms with Crippen molar-refractivity contribution in [1.82, 2.24) is 4.98 Å². The van der Waals surface area contributed by atoms with E-state index in [1.807, 2.05) is 0 Å². The number of hydrogen-bond donors (Lipinski definition) is 1. The van der Waals surface area contributed by atoms with Gasteiger partial charge >= 0.3 is 5.97 Å². The number of aliphatic carboxylic acids is 1. The van der Waals surface area contributed by atoms with Gasteiger partial charge in [0.25, 0.3) is 5.91 Å². The number of halogens is 2. The van der Waals surface area contributed by atoms with E-state index in [9.17, 15) is 14.0 Å². The number of amides is 1. The largest absolute Gasteiger partial charge is 0.481 e. The number of thiazole rings is 1. The van der Waals surface area contributed by atoms with E-state index in [0.29, 0.717) is 27.0 Å². The summed E-state index contributed by atoms with van der Waals surface area (Å²) in [5.74, 6) is -1.64. The fourth-order valence-corrected chi connectivity index (χ4v) is 4.00. The maximum Gasteiger partial charge on any atom is 0.307 e. The number of carboxylic acid groups (broad SMARTS) is 1. The van der Waals surface area contributed by atoms with Crippen LogP contribution in [0.5, 0.6) is 5.75 Å². The van der Waals surface area contributed by atoms with E-state index in [1.54, 1.807) is 24.3 Å². The van der Waals surface area contributed by atoms with E-state index >= 15 is 0 Å². The second kappa shape index (κ2) is 6.79. The Kier molecular flexibility index (Phi) is 4.45. The minimum atomic E-state index is -1.14. The SMILES string of the molecule is O=C(O)CC1Oc2ccc(Cl)cc2N(Cc2nc3cc(F)ccc3s2)C1=O. The lowest BCUT2D eigenvalue weighted by Gasteiger charge is -2.33. The molecule has 1 amide bonds. The van der Waals surface area contributed by atoms with Gasteiger partial charge in [-0.3, -0.25) is 14.5 Å². The number of carbonyl (C=O) groups is 2. The standard InChI is InChI=1S/C18H12ClFN2O4S/c19-9-1-3-13-12(5-9)22(18(25)14(26-13)7-17(23)24)8-16-21-11-6-10(20)2-4-15(11)27-16/h1-6,14H,7-8H2,(H,23,24). The number of carboxylic acids is 1. The monoisotopic (exact) mass is 406 g/mol. The lowest BCUT2D eigenvalue weighted by atomic mass is 10.1. The molecule has 4 rings (SSSR count). The Bertz CT molecular complexity index is 1070. The summed E-state index contributed by atoms with van der Waals surface area (Å²) in [6.45, 7) is 0.104. The van der Waals surface area contributed by atoms with Crippen LogP contribution in [0.2, 0.25) is 5.02 Å². The van der Waals surface area contributed by atoms with Crippen LogP contribution in [0.4, 0.5) is 10.1 Å². The molecule has 0 saturated carbocycles. The number of aromatic nitrogens is 1. The van der Waals surface area contributed by atoms with Crippen molar-refractivity contribution < 1.29 is 23.8 Å². The zero-order valence-electron chi connectivity index (χ0n) is 13.7. The lowest BCUT2D eigenvalue weighted by molar-refractivity contribution is -0.142. The molecule has 2 heterocycles. The Morgan fingerprint density at radius 2 is 2.15 bits per heavy atom. The van der Waals surface area contributed by atoms with Crippen molar-refractivity contribution in [3.8, 4) is 5.75 Å². The van der Waals surface area contributed by atoms with Gasteiger partial charge in [-0.05, 0) is 30.3 Å². The summed E-state index contributed by atoms with van der Waals surface area (Å²) in [6.07, 6.45) is -1.59. The van der Waals surface area contributed by atoms with E-state index < -0.39 is 24.4 Å². The second-order valence-electron chi connectivity index (χ2n) is 5.96. The number of fused-ring (bicyclic) bond motifs is 2. The van der Waals surface area contributed by atoms with Crippen molar-refractivity contribution in [2.24, 2.45) is 0 Å². The molecule has 1 aliphatic rings. The number of carbonyl (C=O) groups excluding carboxylic acids is 1. The number of ether oxygens (including phenoxy) is 1. The first kappa shape index (κ1) is 17.7. The molecule has 0 fully saturated rings. The molecule has 1 atom stereocenters. The van der Waals surface area contributed by atoms with Crippen LogP contribution in [-0.4, -0.2) is 28.1 Å². The van der Waals surface area contributed by atoms with Crippen molar-refractivity contribution in [1.29, 1.82) is 0 Å². The summed E-state index contributed by atoms with van der Waals surface area (Å²) in [5.41, 5.74) is 0.948. The van der Waals surface area contributed by atoms with E-state index in [0.717, 1.165) is 4.70 Å². The highest BCUT2D eigenvalue weighted by atomic mass is 35.5.